The van der Waals surface area contributed by atoms with Crippen LogP contribution in [0.4, 0.5) is 0 Å². The van der Waals surface area contributed by atoms with Gasteiger partial charge in [0.1, 0.15) is 0 Å². The van der Waals surface area contributed by atoms with E-state index in [0.29, 0.717) is 19.8 Å². The number of esters is 2. The van der Waals surface area contributed by atoms with Crippen molar-refractivity contribution >= 4 is 11.9 Å². The first kappa shape index (κ1) is 18.9. The summed E-state index contributed by atoms with van der Waals surface area (Å²) in [5.74, 6) is -0.883. The fraction of sp³-hybridized carbons (Fsp3) is 0.867. The molecule has 1 unspecified atom stereocenters. The molecule has 0 spiro atoms. The lowest BCUT2D eigenvalue weighted by Gasteiger charge is -2.16. The van der Waals surface area contributed by atoms with Gasteiger partial charge in [0.2, 0.25) is 0 Å². The molecule has 0 saturated heterocycles. The molecule has 0 fully saturated rings. The van der Waals surface area contributed by atoms with Crippen LogP contribution >= 0.6 is 0 Å². The van der Waals surface area contributed by atoms with Gasteiger partial charge >= 0.3 is 11.9 Å². The Hall–Kier alpha value is -1.10. The van der Waals surface area contributed by atoms with Gasteiger partial charge in [0.15, 0.2) is 6.10 Å². The maximum Gasteiger partial charge on any atom is 0.335 e. The van der Waals surface area contributed by atoms with Crippen molar-refractivity contribution in [1.29, 1.82) is 0 Å². The second-order valence-electron chi connectivity index (χ2n) is 4.66. The van der Waals surface area contributed by atoms with Crippen LogP contribution in [0.25, 0.3) is 0 Å². The van der Waals surface area contributed by atoms with Gasteiger partial charge in [-0.15, -0.1) is 0 Å². The molecule has 0 aromatic rings. The normalized spacial score (nSPS) is 11.9. The van der Waals surface area contributed by atoms with Crippen LogP contribution in [0.15, 0.2) is 0 Å². The van der Waals surface area contributed by atoms with Crippen molar-refractivity contribution < 1.29 is 23.8 Å². The topological polar surface area (TPSA) is 61.8 Å². The van der Waals surface area contributed by atoms with E-state index in [1.807, 2.05) is 20.8 Å². The van der Waals surface area contributed by atoms with E-state index in [4.69, 9.17) is 14.2 Å². The van der Waals surface area contributed by atoms with Gasteiger partial charge in [-0.2, -0.15) is 0 Å². The SMILES string of the molecule is CCCCOC(=O)CC(OCCC)C(=O)OCCCC. The molecule has 0 aliphatic heterocycles. The molecule has 0 heterocycles. The van der Waals surface area contributed by atoms with E-state index < -0.39 is 18.0 Å². The fourth-order valence-corrected chi connectivity index (χ4v) is 1.42. The molecular formula is C15H28O5. The standard InChI is InChI=1S/C15H28O5/c1-4-7-10-19-14(16)12-13(18-9-6-3)15(17)20-11-8-5-2/h13H,4-12H2,1-3H3. The minimum absolute atomic E-state index is 0.0747. The summed E-state index contributed by atoms with van der Waals surface area (Å²) in [5.41, 5.74) is 0. The Morgan fingerprint density at radius 2 is 1.45 bits per heavy atom. The lowest BCUT2D eigenvalue weighted by atomic mass is 10.2. The van der Waals surface area contributed by atoms with Crippen LogP contribution < -0.4 is 0 Å². The van der Waals surface area contributed by atoms with Gasteiger partial charge in [0.05, 0.1) is 19.6 Å². The first-order chi connectivity index (χ1) is 9.65. The summed E-state index contributed by atoms with van der Waals surface area (Å²) < 4.78 is 15.5. The Morgan fingerprint density at radius 1 is 0.850 bits per heavy atom. The summed E-state index contributed by atoms with van der Waals surface area (Å²) >= 11 is 0. The van der Waals surface area contributed by atoms with E-state index in [1.54, 1.807) is 0 Å². The zero-order chi connectivity index (χ0) is 15.2. The molecule has 0 aliphatic rings. The van der Waals surface area contributed by atoms with Gasteiger partial charge in [-0.1, -0.05) is 33.6 Å². The molecule has 0 aliphatic carbocycles. The number of rotatable bonds is 12. The van der Waals surface area contributed by atoms with Crippen LogP contribution in [-0.2, 0) is 23.8 Å². The van der Waals surface area contributed by atoms with Crippen molar-refractivity contribution in [3.05, 3.63) is 0 Å². The van der Waals surface area contributed by atoms with Crippen molar-refractivity contribution in [1.82, 2.24) is 0 Å². The molecule has 0 radical (unpaired) electrons. The highest BCUT2D eigenvalue weighted by Crippen LogP contribution is 2.06. The van der Waals surface area contributed by atoms with E-state index in [-0.39, 0.29) is 6.42 Å². The highest BCUT2D eigenvalue weighted by atomic mass is 16.6. The molecule has 0 N–H and O–H groups in total. The van der Waals surface area contributed by atoms with Crippen molar-refractivity contribution in [2.24, 2.45) is 0 Å². The molecule has 20 heavy (non-hydrogen) atoms. The zero-order valence-corrected chi connectivity index (χ0v) is 13.0. The third kappa shape index (κ3) is 9.78. The molecule has 5 heteroatoms. The Morgan fingerprint density at radius 3 is 2.00 bits per heavy atom. The molecule has 0 bridgehead atoms. The van der Waals surface area contributed by atoms with Gasteiger partial charge in [0.25, 0.3) is 0 Å². The van der Waals surface area contributed by atoms with Gasteiger partial charge in [0, 0.05) is 6.61 Å². The van der Waals surface area contributed by atoms with Crippen molar-refractivity contribution in [2.45, 2.75) is 65.4 Å². The number of carbonyl (C=O) groups is 2. The van der Waals surface area contributed by atoms with E-state index in [2.05, 4.69) is 0 Å². The van der Waals surface area contributed by atoms with Crippen LogP contribution in [-0.4, -0.2) is 37.9 Å². The maximum atomic E-state index is 11.8. The quantitative estimate of drug-likeness (QED) is 0.408. The van der Waals surface area contributed by atoms with E-state index in [9.17, 15) is 9.59 Å². The summed E-state index contributed by atoms with van der Waals surface area (Å²) in [6, 6.07) is 0. The Balaban J connectivity index is 4.17. The number of unbranched alkanes of at least 4 members (excludes halogenated alkanes) is 2. The van der Waals surface area contributed by atoms with Crippen molar-refractivity contribution in [2.75, 3.05) is 19.8 Å². The number of ether oxygens (including phenoxy) is 3. The lowest BCUT2D eigenvalue weighted by Crippen LogP contribution is -2.30. The zero-order valence-electron chi connectivity index (χ0n) is 13.0. The van der Waals surface area contributed by atoms with Crippen LogP contribution in [0.2, 0.25) is 0 Å². The number of hydrogen-bond donors (Lipinski definition) is 0. The van der Waals surface area contributed by atoms with Crippen LogP contribution in [0.1, 0.15) is 59.3 Å². The summed E-state index contributed by atoms with van der Waals surface area (Å²) in [6.45, 7) is 7.16. The maximum absolute atomic E-state index is 11.8. The molecule has 118 valence electrons. The summed E-state index contributed by atoms with van der Waals surface area (Å²) in [7, 11) is 0. The highest BCUT2D eigenvalue weighted by Gasteiger charge is 2.24. The third-order valence-corrected chi connectivity index (χ3v) is 2.64. The van der Waals surface area contributed by atoms with Crippen LogP contribution in [0, 0.1) is 0 Å². The lowest BCUT2D eigenvalue weighted by molar-refractivity contribution is -0.164. The Labute approximate surface area is 122 Å². The minimum Gasteiger partial charge on any atom is -0.466 e. The average molecular weight is 288 g/mol. The van der Waals surface area contributed by atoms with Crippen molar-refractivity contribution in [3.8, 4) is 0 Å². The molecule has 5 nitrogen and oxygen atoms in total. The predicted molar refractivity (Wildman–Crippen MR) is 76.4 cm³/mol. The van der Waals surface area contributed by atoms with Gasteiger partial charge < -0.3 is 14.2 Å². The largest absolute Gasteiger partial charge is 0.466 e. The fourth-order valence-electron chi connectivity index (χ4n) is 1.42. The second kappa shape index (κ2) is 12.9. The van der Waals surface area contributed by atoms with Gasteiger partial charge in [-0.25, -0.2) is 4.79 Å². The summed E-state index contributed by atoms with van der Waals surface area (Å²) in [6.07, 6.45) is 3.41. The first-order valence-corrected chi connectivity index (χ1v) is 7.59. The first-order valence-electron chi connectivity index (χ1n) is 7.59. The molecule has 0 rings (SSSR count). The van der Waals surface area contributed by atoms with Crippen LogP contribution in [0.5, 0.6) is 0 Å². The van der Waals surface area contributed by atoms with Gasteiger partial charge in [-0.3, -0.25) is 4.79 Å². The average Bonchev–Trinajstić information content (AvgIpc) is 2.43. The number of hydrogen-bond acceptors (Lipinski definition) is 5. The minimum atomic E-state index is -0.846. The Bertz CT molecular complexity index is 265. The molecule has 0 aromatic heterocycles. The summed E-state index contributed by atoms with van der Waals surface area (Å²) in [4.78, 5) is 23.5. The van der Waals surface area contributed by atoms with Gasteiger partial charge in [-0.05, 0) is 19.3 Å². The van der Waals surface area contributed by atoms with Crippen molar-refractivity contribution in [3.63, 3.8) is 0 Å². The Kier molecular flexibility index (Phi) is 12.2. The second-order valence-corrected chi connectivity index (χ2v) is 4.66. The van der Waals surface area contributed by atoms with E-state index in [0.717, 1.165) is 32.1 Å². The number of carbonyl (C=O) groups excluding carboxylic acids is 2. The molecule has 1 atom stereocenters. The van der Waals surface area contributed by atoms with E-state index in [1.165, 1.54) is 0 Å². The molecule has 0 saturated carbocycles. The monoisotopic (exact) mass is 288 g/mol. The molecule has 0 aromatic carbocycles. The molecular weight excluding hydrogens is 260 g/mol. The highest BCUT2D eigenvalue weighted by molar-refractivity contribution is 5.81. The summed E-state index contributed by atoms with van der Waals surface area (Å²) in [5, 5.41) is 0. The third-order valence-electron chi connectivity index (χ3n) is 2.64. The van der Waals surface area contributed by atoms with E-state index >= 15 is 0 Å². The van der Waals surface area contributed by atoms with Crippen LogP contribution in [0.3, 0.4) is 0 Å². The smallest absolute Gasteiger partial charge is 0.335 e. The predicted octanol–water partition coefficient (Wildman–Crippen LogP) is 2.86. The molecule has 0 amide bonds.